The fraction of sp³-hybridized carbons (Fsp3) is 0. The third-order valence-electron chi connectivity index (χ3n) is 3.27. The SMILES string of the molecule is N#Cc1nc(C(N)=O)c(O)c2ccc(Oc3ccccc3)cc12. The molecule has 0 aliphatic rings. The number of nitrogens with zero attached hydrogens (tertiary/aromatic N) is 2. The number of hydrogen-bond donors (Lipinski definition) is 2. The molecular weight excluding hydrogens is 294 g/mol. The number of carbonyl (C=O) groups is 1. The second kappa shape index (κ2) is 5.66. The first-order chi connectivity index (χ1) is 11.1. The Bertz CT molecular complexity index is 947. The summed E-state index contributed by atoms with van der Waals surface area (Å²) < 4.78 is 5.69. The van der Waals surface area contributed by atoms with E-state index in [1.54, 1.807) is 30.3 Å². The number of nitriles is 1. The summed E-state index contributed by atoms with van der Waals surface area (Å²) in [6, 6.07) is 15.8. The molecule has 23 heavy (non-hydrogen) atoms. The molecule has 3 rings (SSSR count). The van der Waals surface area contributed by atoms with Crippen molar-refractivity contribution in [2.24, 2.45) is 5.73 Å². The summed E-state index contributed by atoms with van der Waals surface area (Å²) in [5, 5.41) is 20.0. The number of ether oxygens (including phenoxy) is 1. The molecule has 3 N–H and O–H groups in total. The Balaban J connectivity index is 2.15. The third-order valence-corrected chi connectivity index (χ3v) is 3.27. The van der Waals surface area contributed by atoms with Crippen molar-refractivity contribution in [2.45, 2.75) is 0 Å². The lowest BCUT2D eigenvalue weighted by molar-refractivity contribution is 0.0993. The van der Waals surface area contributed by atoms with Crippen molar-refractivity contribution in [1.82, 2.24) is 4.98 Å². The fourth-order valence-corrected chi connectivity index (χ4v) is 2.22. The Morgan fingerprint density at radius 2 is 1.87 bits per heavy atom. The average molecular weight is 305 g/mol. The highest BCUT2D eigenvalue weighted by Crippen LogP contribution is 2.33. The number of hydrogen-bond acceptors (Lipinski definition) is 5. The number of amides is 1. The molecule has 0 bridgehead atoms. The van der Waals surface area contributed by atoms with Crippen LogP contribution in [0.3, 0.4) is 0 Å². The Kier molecular flexibility index (Phi) is 3.53. The van der Waals surface area contributed by atoms with Gasteiger partial charge in [0.1, 0.15) is 23.3 Å². The van der Waals surface area contributed by atoms with Gasteiger partial charge in [0.05, 0.1) is 0 Å². The average Bonchev–Trinajstić information content (AvgIpc) is 2.56. The van der Waals surface area contributed by atoms with E-state index in [0.717, 1.165) is 0 Å². The van der Waals surface area contributed by atoms with E-state index in [2.05, 4.69) is 4.98 Å². The van der Waals surface area contributed by atoms with Gasteiger partial charge < -0.3 is 15.6 Å². The Morgan fingerprint density at radius 1 is 1.13 bits per heavy atom. The largest absolute Gasteiger partial charge is 0.505 e. The number of fused-ring (bicyclic) bond motifs is 1. The van der Waals surface area contributed by atoms with E-state index in [1.165, 1.54) is 0 Å². The number of primary amides is 1. The lowest BCUT2D eigenvalue weighted by atomic mass is 10.1. The molecule has 1 amide bonds. The van der Waals surface area contributed by atoms with Crippen molar-refractivity contribution in [3.8, 4) is 23.3 Å². The molecule has 1 heterocycles. The van der Waals surface area contributed by atoms with Crippen molar-refractivity contribution < 1.29 is 14.6 Å². The topological polar surface area (TPSA) is 109 Å². The molecule has 3 aromatic rings. The van der Waals surface area contributed by atoms with Crippen molar-refractivity contribution in [2.75, 3.05) is 0 Å². The van der Waals surface area contributed by atoms with Crippen LogP contribution in [0.4, 0.5) is 0 Å². The van der Waals surface area contributed by atoms with Gasteiger partial charge >= 0.3 is 0 Å². The maximum atomic E-state index is 11.3. The van der Waals surface area contributed by atoms with Crippen LogP contribution in [0.5, 0.6) is 17.2 Å². The summed E-state index contributed by atoms with van der Waals surface area (Å²) in [6.07, 6.45) is 0. The number of aromatic hydroxyl groups is 1. The molecule has 0 aliphatic heterocycles. The van der Waals surface area contributed by atoms with Gasteiger partial charge in [-0.1, -0.05) is 18.2 Å². The smallest absolute Gasteiger partial charge is 0.271 e. The number of nitrogens with two attached hydrogens (primary N) is 1. The van der Waals surface area contributed by atoms with E-state index in [0.29, 0.717) is 22.3 Å². The molecule has 0 atom stereocenters. The normalized spacial score (nSPS) is 10.2. The quantitative estimate of drug-likeness (QED) is 0.773. The molecule has 0 radical (unpaired) electrons. The van der Waals surface area contributed by atoms with Crippen LogP contribution < -0.4 is 10.5 Å². The molecule has 0 saturated heterocycles. The van der Waals surface area contributed by atoms with E-state index in [1.807, 2.05) is 24.3 Å². The van der Waals surface area contributed by atoms with E-state index < -0.39 is 5.91 Å². The minimum atomic E-state index is -0.898. The molecule has 1 aromatic heterocycles. The van der Waals surface area contributed by atoms with Crippen molar-refractivity contribution in [1.29, 1.82) is 5.26 Å². The number of carbonyl (C=O) groups excluding carboxylic acids is 1. The number of benzene rings is 2. The number of pyridine rings is 1. The predicted molar refractivity (Wildman–Crippen MR) is 83.2 cm³/mol. The van der Waals surface area contributed by atoms with Gasteiger partial charge in [-0.25, -0.2) is 4.98 Å². The zero-order valence-corrected chi connectivity index (χ0v) is 11.9. The van der Waals surface area contributed by atoms with Crippen LogP contribution in [0.2, 0.25) is 0 Å². The van der Waals surface area contributed by atoms with Crippen LogP contribution in [0, 0.1) is 11.3 Å². The van der Waals surface area contributed by atoms with Crippen LogP contribution in [-0.4, -0.2) is 16.0 Å². The molecule has 0 aliphatic carbocycles. The standard InChI is InChI=1S/C17H11N3O3/c18-9-14-13-8-11(23-10-4-2-1-3-5-10)6-7-12(13)16(21)15(20-14)17(19)22/h1-8,21H,(H2,19,22). The fourth-order valence-electron chi connectivity index (χ4n) is 2.22. The first-order valence-electron chi connectivity index (χ1n) is 6.69. The van der Waals surface area contributed by atoms with Gasteiger partial charge in [-0.3, -0.25) is 4.79 Å². The molecule has 0 unspecified atom stereocenters. The zero-order chi connectivity index (χ0) is 16.4. The monoisotopic (exact) mass is 305 g/mol. The zero-order valence-electron chi connectivity index (χ0n) is 11.9. The van der Waals surface area contributed by atoms with Gasteiger partial charge in [-0.05, 0) is 30.3 Å². The number of aromatic nitrogens is 1. The lowest BCUT2D eigenvalue weighted by Crippen LogP contribution is -2.14. The Hall–Kier alpha value is -3.59. The molecule has 0 spiro atoms. The Morgan fingerprint density at radius 3 is 2.52 bits per heavy atom. The minimum Gasteiger partial charge on any atom is -0.505 e. The molecule has 6 heteroatoms. The van der Waals surface area contributed by atoms with E-state index in [9.17, 15) is 15.2 Å². The molecular formula is C17H11N3O3. The summed E-state index contributed by atoms with van der Waals surface area (Å²) in [5.41, 5.74) is 4.83. The maximum absolute atomic E-state index is 11.3. The summed E-state index contributed by atoms with van der Waals surface area (Å²) in [7, 11) is 0. The van der Waals surface area contributed by atoms with Crippen LogP contribution in [-0.2, 0) is 0 Å². The van der Waals surface area contributed by atoms with Gasteiger partial charge in [0.25, 0.3) is 5.91 Å². The maximum Gasteiger partial charge on any atom is 0.271 e. The van der Waals surface area contributed by atoms with Crippen LogP contribution >= 0.6 is 0 Å². The second-order valence-corrected chi connectivity index (χ2v) is 4.76. The highest BCUT2D eigenvalue weighted by Gasteiger charge is 2.17. The van der Waals surface area contributed by atoms with E-state index in [-0.39, 0.29) is 17.1 Å². The van der Waals surface area contributed by atoms with Gasteiger partial charge in [0.2, 0.25) is 0 Å². The van der Waals surface area contributed by atoms with E-state index >= 15 is 0 Å². The van der Waals surface area contributed by atoms with Gasteiger partial charge in [-0.15, -0.1) is 0 Å². The summed E-state index contributed by atoms with van der Waals surface area (Å²) in [6.45, 7) is 0. The molecule has 0 saturated carbocycles. The van der Waals surface area contributed by atoms with Gasteiger partial charge in [0.15, 0.2) is 11.4 Å². The van der Waals surface area contributed by atoms with Crippen molar-refractivity contribution in [3.63, 3.8) is 0 Å². The van der Waals surface area contributed by atoms with Crippen LogP contribution in [0.15, 0.2) is 48.5 Å². The molecule has 2 aromatic carbocycles. The lowest BCUT2D eigenvalue weighted by Gasteiger charge is -2.09. The predicted octanol–water partition coefficient (Wildman–Crippen LogP) is 2.70. The Labute approximate surface area is 131 Å². The summed E-state index contributed by atoms with van der Waals surface area (Å²) >= 11 is 0. The summed E-state index contributed by atoms with van der Waals surface area (Å²) in [4.78, 5) is 15.1. The minimum absolute atomic E-state index is 0.00916. The first-order valence-corrected chi connectivity index (χ1v) is 6.69. The van der Waals surface area contributed by atoms with Crippen LogP contribution in [0.25, 0.3) is 10.8 Å². The first kappa shape index (κ1) is 14.4. The molecule has 112 valence electrons. The second-order valence-electron chi connectivity index (χ2n) is 4.76. The highest BCUT2D eigenvalue weighted by atomic mass is 16.5. The van der Waals surface area contributed by atoms with Gasteiger partial charge in [-0.2, -0.15) is 5.26 Å². The third kappa shape index (κ3) is 2.63. The highest BCUT2D eigenvalue weighted by molar-refractivity contribution is 6.02. The summed E-state index contributed by atoms with van der Waals surface area (Å²) in [5.74, 6) is -0.132. The van der Waals surface area contributed by atoms with E-state index in [4.69, 9.17) is 10.5 Å². The van der Waals surface area contributed by atoms with Crippen molar-refractivity contribution in [3.05, 3.63) is 59.9 Å². The molecule has 6 nitrogen and oxygen atoms in total. The van der Waals surface area contributed by atoms with Crippen molar-refractivity contribution >= 4 is 16.7 Å². The number of para-hydroxylation sites is 1. The van der Waals surface area contributed by atoms with Crippen LogP contribution in [0.1, 0.15) is 16.2 Å². The van der Waals surface area contributed by atoms with Gasteiger partial charge in [0, 0.05) is 10.8 Å². The molecule has 0 fully saturated rings. The number of rotatable bonds is 3.